The van der Waals surface area contributed by atoms with Crippen LogP contribution in [0.4, 0.5) is 11.8 Å². The molecule has 0 bridgehead atoms. The van der Waals surface area contributed by atoms with Gasteiger partial charge in [0.05, 0.1) is 13.2 Å². The van der Waals surface area contributed by atoms with E-state index in [0.717, 1.165) is 28.9 Å². The first-order valence-electron chi connectivity index (χ1n) is 12.2. The van der Waals surface area contributed by atoms with Crippen LogP contribution in [-0.2, 0) is 11.3 Å². The van der Waals surface area contributed by atoms with E-state index in [1.165, 1.54) is 10.9 Å². The lowest BCUT2D eigenvalue weighted by Crippen LogP contribution is -2.33. The third-order valence-electron chi connectivity index (χ3n) is 6.32. The van der Waals surface area contributed by atoms with Crippen LogP contribution in [0.1, 0.15) is 25.1 Å². The number of nitrogens with one attached hydrogen (secondary N) is 1. The Morgan fingerprint density at radius 3 is 2.65 bits per heavy atom. The second-order valence-electron chi connectivity index (χ2n) is 8.86. The average Bonchev–Trinajstić information content (AvgIpc) is 3.43. The van der Waals surface area contributed by atoms with Crippen LogP contribution in [0.2, 0.25) is 0 Å². The number of nitrogen functional groups attached to an aromatic ring is 1. The number of imidazole rings is 1. The van der Waals surface area contributed by atoms with Crippen molar-refractivity contribution in [1.29, 1.82) is 0 Å². The lowest BCUT2D eigenvalue weighted by atomic mass is 10.0. The van der Waals surface area contributed by atoms with E-state index in [1.807, 2.05) is 48.5 Å². The van der Waals surface area contributed by atoms with Gasteiger partial charge in [-0.15, -0.1) is 0 Å². The molecule has 0 aliphatic carbocycles. The third-order valence-corrected chi connectivity index (χ3v) is 6.32. The lowest BCUT2D eigenvalue weighted by Gasteiger charge is -2.20. The van der Waals surface area contributed by atoms with Crippen LogP contribution in [0, 0.1) is 0 Å². The Kier molecular flexibility index (Phi) is 7.19. The van der Waals surface area contributed by atoms with E-state index >= 15 is 0 Å². The topological polar surface area (TPSA) is 161 Å². The molecule has 11 nitrogen and oxygen atoms in total. The van der Waals surface area contributed by atoms with E-state index in [0.29, 0.717) is 30.3 Å². The zero-order valence-corrected chi connectivity index (χ0v) is 20.4. The van der Waals surface area contributed by atoms with E-state index in [9.17, 15) is 15.3 Å². The van der Waals surface area contributed by atoms with E-state index in [4.69, 9.17) is 15.2 Å². The van der Waals surface area contributed by atoms with Gasteiger partial charge < -0.3 is 35.8 Å². The van der Waals surface area contributed by atoms with Gasteiger partial charge >= 0.3 is 0 Å². The Morgan fingerprint density at radius 1 is 1.11 bits per heavy atom. The molecule has 0 radical (unpaired) electrons. The summed E-state index contributed by atoms with van der Waals surface area (Å²) >= 11 is 0. The molecule has 0 unspecified atom stereocenters. The van der Waals surface area contributed by atoms with Gasteiger partial charge in [-0.05, 0) is 23.6 Å². The summed E-state index contributed by atoms with van der Waals surface area (Å²) in [6, 6.07) is 16.1. The highest BCUT2D eigenvalue weighted by Gasteiger charge is 2.45. The predicted molar refractivity (Wildman–Crippen MR) is 138 cm³/mol. The number of rotatable bonds is 9. The standard InChI is InChI=1S/C26H30N6O5/c1-2-10-36-18-11-15(8-9-17(18)16-6-4-3-5-7-16)12-28-26-31-20-23(27)29-14-30-24(20)32(26)25-22(35)21(34)19(13-33)37-25/h3-9,11,14,19,21-22,25,33-35H,2,10,12-13H2,1H3,(H,28,31)(H2,27,29,30)/t19-,21-,22-,25-/m1/s1. The molecule has 1 aliphatic rings. The van der Waals surface area contributed by atoms with Gasteiger partial charge in [0.15, 0.2) is 23.2 Å². The van der Waals surface area contributed by atoms with Crippen LogP contribution in [0.15, 0.2) is 54.9 Å². The molecule has 1 saturated heterocycles. The summed E-state index contributed by atoms with van der Waals surface area (Å²) in [6.45, 7) is 2.57. The molecular formula is C26H30N6O5. The summed E-state index contributed by atoms with van der Waals surface area (Å²) in [5.41, 5.74) is 9.69. The summed E-state index contributed by atoms with van der Waals surface area (Å²) < 4.78 is 13.4. The minimum atomic E-state index is -1.31. The summed E-state index contributed by atoms with van der Waals surface area (Å²) in [4.78, 5) is 12.8. The number of anilines is 2. The smallest absolute Gasteiger partial charge is 0.207 e. The Hall–Kier alpha value is -3.77. The highest BCUT2D eigenvalue weighted by Crippen LogP contribution is 2.36. The lowest BCUT2D eigenvalue weighted by molar-refractivity contribution is -0.0501. The molecule has 2 aromatic carbocycles. The highest BCUT2D eigenvalue weighted by molar-refractivity contribution is 5.84. The molecule has 4 aromatic rings. The molecular weight excluding hydrogens is 476 g/mol. The number of hydrogen-bond acceptors (Lipinski definition) is 10. The molecule has 5 rings (SSSR count). The van der Waals surface area contributed by atoms with Crippen molar-refractivity contribution in [2.24, 2.45) is 0 Å². The van der Waals surface area contributed by atoms with Gasteiger partial charge in [0, 0.05) is 12.1 Å². The maximum atomic E-state index is 10.7. The second-order valence-corrected chi connectivity index (χ2v) is 8.86. The van der Waals surface area contributed by atoms with Crippen molar-refractivity contribution >= 4 is 22.9 Å². The Balaban J connectivity index is 1.47. The van der Waals surface area contributed by atoms with Gasteiger partial charge in [-0.3, -0.25) is 4.57 Å². The number of aliphatic hydroxyl groups excluding tert-OH is 3. The fourth-order valence-electron chi connectivity index (χ4n) is 4.43. The predicted octanol–water partition coefficient (Wildman–Crippen LogP) is 2.09. The van der Waals surface area contributed by atoms with Gasteiger partial charge in [-0.2, -0.15) is 0 Å². The molecule has 37 heavy (non-hydrogen) atoms. The summed E-state index contributed by atoms with van der Waals surface area (Å²) in [6.07, 6.45) is -2.41. The van der Waals surface area contributed by atoms with Gasteiger partial charge in [-0.1, -0.05) is 49.4 Å². The first-order valence-corrected chi connectivity index (χ1v) is 12.2. The summed E-state index contributed by atoms with van der Waals surface area (Å²) in [7, 11) is 0. The van der Waals surface area contributed by atoms with Gasteiger partial charge in [0.2, 0.25) is 5.95 Å². The zero-order chi connectivity index (χ0) is 25.9. The van der Waals surface area contributed by atoms with E-state index < -0.39 is 31.1 Å². The minimum absolute atomic E-state index is 0.168. The molecule has 4 atom stereocenters. The van der Waals surface area contributed by atoms with Crippen LogP contribution in [0.3, 0.4) is 0 Å². The van der Waals surface area contributed by atoms with Crippen LogP contribution < -0.4 is 15.8 Å². The summed E-state index contributed by atoms with van der Waals surface area (Å²) in [5.74, 6) is 1.26. The van der Waals surface area contributed by atoms with Crippen LogP contribution in [-0.4, -0.2) is 66.4 Å². The number of nitrogens with zero attached hydrogens (tertiary/aromatic N) is 4. The molecule has 0 amide bonds. The monoisotopic (exact) mass is 506 g/mol. The molecule has 6 N–H and O–H groups in total. The Morgan fingerprint density at radius 2 is 1.92 bits per heavy atom. The van der Waals surface area contributed by atoms with Crippen molar-refractivity contribution < 1.29 is 24.8 Å². The van der Waals surface area contributed by atoms with Gasteiger partial charge in [0.1, 0.15) is 30.4 Å². The second kappa shape index (κ2) is 10.7. The molecule has 2 aromatic heterocycles. The molecule has 0 saturated carbocycles. The number of nitrogens with two attached hydrogens (primary N) is 1. The zero-order valence-electron chi connectivity index (χ0n) is 20.4. The Bertz CT molecular complexity index is 1360. The van der Waals surface area contributed by atoms with Crippen LogP contribution >= 0.6 is 0 Å². The molecule has 0 spiro atoms. The first-order chi connectivity index (χ1) is 18.0. The largest absolute Gasteiger partial charge is 0.493 e. The normalized spacial score (nSPS) is 21.4. The van der Waals surface area contributed by atoms with E-state index in [1.54, 1.807) is 0 Å². The van der Waals surface area contributed by atoms with E-state index in [-0.39, 0.29) is 5.82 Å². The quantitative estimate of drug-likeness (QED) is 0.227. The van der Waals surface area contributed by atoms with Crippen molar-refractivity contribution in [3.8, 4) is 16.9 Å². The van der Waals surface area contributed by atoms with Crippen molar-refractivity contribution in [3.05, 3.63) is 60.4 Å². The fourth-order valence-corrected chi connectivity index (χ4v) is 4.43. The molecule has 1 aliphatic heterocycles. The molecule has 1 fully saturated rings. The third kappa shape index (κ3) is 4.81. The Labute approximate surface area is 213 Å². The minimum Gasteiger partial charge on any atom is -0.493 e. The number of aliphatic hydroxyl groups is 3. The number of fused-ring (bicyclic) bond motifs is 1. The van der Waals surface area contributed by atoms with Gasteiger partial charge in [-0.25, -0.2) is 15.0 Å². The van der Waals surface area contributed by atoms with Gasteiger partial charge in [0.25, 0.3) is 0 Å². The van der Waals surface area contributed by atoms with Crippen molar-refractivity contribution in [1.82, 2.24) is 19.5 Å². The van der Waals surface area contributed by atoms with Crippen molar-refractivity contribution in [3.63, 3.8) is 0 Å². The average molecular weight is 507 g/mol. The van der Waals surface area contributed by atoms with Crippen molar-refractivity contribution in [2.45, 2.75) is 44.4 Å². The molecule has 194 valence electrons. The van der Waals surface area contributed by atoms with E-state index in [2.05, 4.69) is 27.2 Å². The number of benzene rings is 2. The summed E-state index contributed by atoms with van der Waals surface area (Å²) in [5, 5.41) is 33.8. The highest BCUT2D eigenvalue weighted by atomic mass is 16.6. The van der Waals surface area contributed by atoms with Crippen LogP contribution in [0.5, 0.6) is 5.75 Å². The number of hydrogen-bond donors (Lipinski definition) is 5. The first kappa shape index (κ1) is 24.9. The fraction of sp³-hybridized carbons (Fsp3) is 0.346. The SMILES string of the molecule is CCCOc1cc(CNc2nc3c(N)ncnc3n2[C@@H]2O[C@H](CO)[C@@H](O)[C@H]2O)ccc1-c1ccccc1. The maximum absolute atomic E-state index is 10.7. The number of aromatic nitrogens is 4. The van der Waals surface area contributed by atoms with Crippen LogP contribution in [0.25, 0.3) is 22.3 Å². The van der Waals surface area contributed by atoms with Crippen molar-refractivity contribution in [2.75, 3.05) is 24.3 Å². The number of ether oxygens (including phenoxy) is 2. The molecule has 3 heterocycles. The maximum Gasteiger partial charge on any atom is 0.207 e. The molecule has 11 heteroatoms.